The summed E-state index contributed by atoms with van der Waals surface area (Å²) in [6.45, 7) is 8.84. The number of nitrogens with two attached hydrogens (primary N) is 1. The van der Waals surface area contributed by atoms with Crippen LogP contribution in [-0.2, 0) is 19.3 Å². The van der Waals surface area contributed by atoms with E-state index in [1.165, 1.54) is 23.6 Å². The van der Waals surface area contributed by atoms with Crippen molar-refractivity contribution in [1.29, 1.82) is 0 Å². The number of H-pyrrole nitrogens is 1. The summed E-state index contributed by atoms with van der Waals surface area (Å²) < 4.78 is 56.2. The summed E-state index contributed by atoms with van der Waals surface area (Å²) in [5.41, 5.74) is 10.0. The van der Waals surface area contributed by atoms with Crippen LogP contribution in [0, 0.1) is 22.5 Å². The van der Waals surface area contributed by atoms with Crippen molar-refractivity contribution in [3.8, 4) is 11.6 Å². The van der Waals surface area contributed by atoms with Crippen LogP contribution in [0.4, 0.5) is 28.4 Å². The number of rotatable bonds is 11. The molecule has 6 aliphatic rings. The molecule has 5 aliphatic heterocycles. The first-order valence-electron chi connectivity index (χ1n) is 23.4. The van der Waals surface area contributed by atoms with Crippen LogP contribution in [0.15, 0.2) is 76.7 Å². The summed E-state index contributed by atoms with van der Waals surface area (Å²) in [5, 5.41) is 16.8. The molecule has 7 heterocycles. The smallest absolute Gasteiger partial charge is 0.297 e. The quantitative estimate of drug-likeness (QED) is 0.0885. The van der Waals surface area contributed by atoms with E-state index in [2.05, 4.69) is 51.3 Å². The van der Waals surface area contributed by atoms with Gasteiger partial charge < -0.3 is 44.8 Å². The second-order valence-electron chi connectivity index (χ2n) is 19.4. The monoisotopic (exact) mass is 932 g/mol. The molecule has 2 aromatic heterocycles. The van der Waals surface area contributed by atoms with E-state index in [1.54, 1.807) is 23.2 Å². The van der Waals surface area contributed by atoms with Crippen molar-refractivity contribution in [3.63, 3.8) is 0 Å². The predicted octanol–water partition coefficient (Wildman–Crippen LogP) is 7.19. The van der Waals surface area contributed by atoms with Crippen molar-refractivity contribution in [2.45, 2.75) is 105 Å². The lowest BCUT2D eigenvalue weighted by Crippen LogP contribution is -2.55. The highest BCUT2D eigenvalue weighted by atomic mass is 32.2. The van der Waals surface area contributed by atoms with Crippen LogP contribution < -0.4 is 30.3 Å². The van der Waals surface area contributed by atoms with E-state index >= 15 is 8.42 Å². The molecule has 0 radical (unpaired) electrons. The third-order valence-electron chi connectivity index (χ3n) is 15.0. The molecule has 0 bridgehead atoms. The Morgan fingerprint density at radius 1 is 1.04 bits per heavy atom. The van der Waals surface area contributed by atoms with Crippen LogP contribution in [0.25, 0.3) is 11.0 Å². The molecule has 0 unspecified atom stereocenters. The number of piperidine rings is 1. The Balaban J connectivity index is 1.01. The number of aromatic nitrogens is 2. The van der Waals surface area contributed by atoms with Crippen LogP contribution in [0.1, 0.15) is 79.9 Å². The Kier molecular flexibility index (Phi) is 10.9. The molecule has 1 spiro atoms. The summed E-state index contributed by atoms with van der Waals surface area (Å²) in [6.07, 6.45) is 7.27. The second kappa shape index (κ2) is 16.7. The van der Waals surface area contributed by atoms with E-state index in [0.717, 1.165) is 50.1 Å². The standard InChI is InChI=1S/C49H56N8O9S/c1-28(2)64-24-31-25-65-41-21-33(20-38(57(59)60)43(41)52-31)67(61,62)45-37(54-17-13-49(14-18-54)22-32(23-49)55-16-6-9-36(55)34-8-5-4-7-29(34)3)11-10-35(46(50)58)44(45)56-39-19-30-12-15-51-47(30)53-48(39)66-42-27-63-26-40(42)56/h4-5,7-8,10-12,15,19-21,28,31-32,36,40,42,52H,6,9,13-14,16-18,22-27H2,1-3H3,(H2,50,58)(H,51,53)/t31-,36+,40-,42-/m1/s1. The van der Waals surface area contributed by atoms with Crippen molar-refractivity contribution in [2.24, 2.45) is 11.1 Å². The van der Waals surface area contributed by atoms with Crippen molar-refractivity contribution in [2.75, 3.05) is 61.2 Å². The third kappa shape index (κ3) is 7.52. The van der Waals surface area contributed by atoms with E-state index in [-0.39, 0.29) is 76.3 Å². The van der Waals surface area contributed by atoms with Gasteiger partial charge in [0.25, 0.3) is 11.6 Å². The van der Waals surface area contributed by atoms with Crippen LogP contribution >= 0.6 is 0 Å². The molecular weight excluding hydrogens is 877 g/mol. The van der Waals surface area contributed by atoms with Gasteiger partial charge in [-0.3, -0.25) is 19.8 Å². The molecule has 352 valence electrons. The number of nitro benzene ring substituents is 1. The molecule has 3 aromatic carbocycles. The fraction of sp³-hybridized carbons (Fsp3) is 0.469. The normalized spacial score (nSPS) is 23.6. The predicted molar refractivity (Wildman–Crippen MR) is 252 cm³/mol. The minimum absolute atomic E-state index is 0.0184. The zero-order valence-electron chi connectivity index (χ0n) is 37.9. The fourth-order valence-corrected chi connectivity index (χ4v) is 13.3. The van der Waals surface area contributed by atoms with E-state index in [1.807, 2.05) is 26.0 Å². The molecular formula is C49H56N8O9S. The van der Waals surface area contributed by atoms with Gasteiger partial charge in [-0.05, 0) is 107 Å². The summed E-state index contributed by atoms with van der Waals surface area (Å²) >= 11 is 0. The lowest BCUT2D eigenvalue weighted by molar-refractivity contribution is -0.384. The number of pyridine rings is 1. The average molecular weight is 933 g/mol. The molecule has 4 atom stereocenters. The minimum Gasteiger partial charge on any atom is -0.489 e. The molecule has 3 saturated heterocycles. The number of fused-ring (bicyclic) bond motifs is 4. The molecule has 11 rings (SSSR count). The molecule has 17 nitrogen and oxygen atoms in total. The Labute approximate surface area is 389 Å². The number of carbonyl (C=O) groups is 1. The molecule has 1 aliphatic carbocycles. The zero-order chi connectivity index (χ0) is 46.4. The minimum atomic E-state index is -4.76. The molecule has 18 heteroatoms. The molecule has 5 aromatic rings. The number of hydrogen-bond acceptors (Lipinski definition) is 14. The molecule has 4 N–H and O–H groups in total. The van der Waals surface area contributed by atoms with E-state index in [9.17, 15) is 14.9 Å². The number of hydrogen-bond donors (Lipinski definition) is 3. The third-order valence-corrected chi connectivity index (χ3v) is 16.8. The number of primary amides is 1. The lowest BCUT2D eigenvalue weighted by atomic mass is 9.59. The highest BCUT2D eigenvalue weighted by Gasteiger charge is 2.51. The number of likely N-dealkylation sites (tertiary alicyclic amines) is 1. The Bertz CT molecular complexity index is 2890. The highest BCUT2D eigenvalue weighted by Crippen LogP contribution is 2.56. The number of amides is 1. The van der Waals surface area contributed by atoms with Crippen molar-refractivity contribution in [3.05, 3.63) is 93.7 Å². The molecule has 67 heavy (non-hydrogen) atoms. The first kappa shape index (κ1) is 43.6. The number of ether oxygens (including phenoxy) is 4. The van der Waals surface area contributed by atoms with Gasteiger partial charge in [0.05, 0.1) is 64.8 Å². The maximum atomic E-state index is 16.0. The van der Waals surface area contributed by atoms with E-state index in [4.69, 9.17) is 29.7 Å². The van der Waals surface area contributed by atoms with Crippen molar-refractivity contribution in [1.82, 2.24) is 14.9 Å². The first-order chi connectivity index (χ1) is 32.3. The van der Waals surface area contributed by atoms with Gasteiger partial charge in [-0.2, -0.15) is 4.98 Å². The summed E-state index contributed by atoms with van der Waals surface area (Å²) in [4.78, 5) is 40.0. The number of carbonyl (C=O) groups excluding carboxylic acids is 1. The summed E-state index contributed by atoms with van der Waals surface area (Å²) in [7, 11) is -4.76. The number of nitrogens with zero attached hydrogens (tertiary/aromatic N) is 5. The van der Waals surface area contributed by atoms with Gasteiger partial charge in [0, 0.05) is 48.9 Å². The van der Waals surface area contributed by atoms with E-state index < -0.39 is 44.5 Å². The Morgan fingerprint density at radius 2 is 1.85 bits per heavy atom. The topological polar surface area (TPSA) is 208 Å². The number of benzene rings is 3. The Hall–Kier alpha value is -5.95. The number of nitrogens with one attached hydrogen (secondary N) is 2. The molecule has 4 fully saturated rings. The van der Waals surface area contributed by atoms with Crippen molar-refractivity contribution < 1.29 is 37.1 Å². The summed E-state index contributed by atoms with van der Waals surface area (Å²) in [6, 6.07) is 18.0. The van der Waals surface area contributed by atoms with Gasteiger partial charge in [-0.25, -0.2) is 8.42 Å². The number of sulfone groups is 1. The summed E-state index contributed by atoms with van der Waals surface area (Å²) in [5.74, 6) is -0.599. The highest BCUT2D eigenvalue weighted by molar-refractivity contribution is 7.91. The largest absolute Gasteiger partial charge is 0.489 e. The van der Waals surface area contributed by atoms with Gasteiger partial charge in [0.1, 0.15) is 28.9 Å². The first-order valence-corrected chi connectivity index (χ1v) is 24.9. The maximum absolute atomic E-state index is 16.0. The average Bonchev–Trinajstić information content (AvgIpc) is 4.10. The fourth-order valence-electron chi connectivity index (χ4n) is 11.6. The van der Waals surface area contributed by atoms with Gasteiger partial charge in [0.2, 0.25) is 15.7 Å². The number of aryl methyl sites for hydroxylation is 1. The van der Waals surface area contributed by atoms with Crippen LogP contribution in [0.5, 0.6) is 11.6 Å². The number of aromatic amines is 1. The zero-order valence-corrected chi connectivity index (χ0v) is 38.7. The molecule has 1 amide bonds. The van der Waals surface area contributed by atoms with Gasteiger partial charge >= 0.3 is 0 Å². The van der Waals surface area contributed by atoms with Crippen molar-refractivity contribution >= 4 is 55.2 Å². The number of anilines is 4. The Morgan fingerprint density at radius 3 is 2.61 bits per heavy atom. The second-order valence-corrected chi connectivity index (χ2v) is 21.3. The SMILES string of the molecule is Cc1ccccc1[C@@H]1CCCN1C1CC2(CCN(c3ccc(C(N)=O)c(N4c5cc6cc[nH]c6nc5O[C@@H]5COC[C@H]54)c3S(=O)(=O)c3cc4c(c([N+](=O)[O-])c3)N[C@H](COC(C)C)CO4)CC2)C1. The maximum Gasteiger partial charge on any atom is 0.297 e. The lowest BCUT2D eigenvalue weighted by Gasteiger charge is -2.56. The van der Waals surface area contributed by atoms with Crippen LogP contribution in [0.2, 0.25) is 0 Å². The van der Waals surface area contributed by atoms with Crippen LogP contribution in [0.3, 0.4) is 0 Å². The van der Waals surface area contributed by atoms with Crippen LogP contribution in [-0.4, -0.2) is 111 Å². The van der Waals surface area contributed by atoms with E-state index in [0.29, 0.717) is 42.2 Å². The number of nitro groups is 1. The van der Waals surface area contributed by atoms with Gasteiger partial charge in [-0.15, -0.1) is 0 Å². The van der Waals surface area contributed by atoms with Gasteiger partial charge in [0.15, 0.2) is 11.4 Å². The van der Waals surface area contributed by atoms with Gasteiger partial charge in [-0.1, -0.05) is 24.3 Å². The molecule has 1 saturated carbocycles.